The summed E-state index contributed by atoms with van der Waals surface area (Å²) in [6.07, 6.45) is 23.0. The van der Waals surface area contributed by atoms with Gasteiger partial charge in [0.2, 0.25) is 0 Å². The number of aliphatic hydroxyl groups is 1. The summed E-state index contributed by atoms with van der Waals surface area (Å²) in [5.74, 6) is 0.668. The SMILES string of the molecule is CCCCCCCCCCCCCCCCCCC(=O)C(C)C.CCO. The average Bonchev–Trinajstić information content (AvgIpc) is 2.61. The molecular formula is C24H50O2. The summed E-state index contributed by atoms with van der Waals surface area (Å²) in [6, 6.07) is 0. The van der Waals surface area contributed by atoms with Crippen molar-refractivity contribution < 1.29 is 9.90 Å². The zero-order valence-electron chi connectivity index (χ0n) is 18.7. The highest BCUT2D eigenvalue weighted by Crippen LogP contribution is 2.14. The third-order valence-corrected chi connectivity index (χ3v) is 4.92. The molecule has 0 atom stereocenters. The van der Waals surface area contributed by atoms with Crippen LogP contribution in [0.2, 0.25) is 0 Å². The van der Waals surface area contributed by atoms with Crippen LogP contribution in [0.15, 0.2) is 0 Å². The lowest BCUT2D eigenvalue weighted by molar-refractivity contribution is -0.122. The van der Waals surface area contributed by atoms with Crippen LogP contribution in [0.5, 0.6) is 0 Å². The number of hydrogen-bond acceptors (Lipinski definition) is 2. The molecule has 0 radical (unpaired) electrons. The van der Waals surface area contributed by atoms with E-state index in [0.29, 0.717) is 5.78 Å². The molecular weight excluding hydrogens is 320 g/mol. The number of carbonyl (C=O) groups excluding carboxylic acids is 1. The van der Waals surface area contributed by atoms with Crippen molar-refractivity contribution in [1.82, 2.24) is 0 Å². The van der Waals surface area contributed by atoms with Crippen LogP contribution in [0.3, 0.4) is 0 Å². The van der Waals surface area contributed by atoms with Gasteiger partial charge in [-0.3, -0.25) is 4.79 Å². The predicted octanol–water partition coefficient (Wildman–Crippen LogP) is 7.86. The number of rotatable bonds is 18. The first-order valence-electron chi connectivity index (χ1n) is 11.7. The van der Waals surface area contributed by atoms with Gasteiger partial charge in [0.25, 0.3) is 0 Å². The standard InChI is InChI=1S/C22H44O.C2H6O/c1-4-5-6-7-8-9-10-11-12-13-14-15-16-17-18-19-20-22(23)21(2)3;1-2-3/h21H,4-20H2,1-3H3;3H,2H2,1H3. The molecule has 0 aromatic rings. The molecule has 0 aromatic heterocycles. The molecule has 26 heavy (non-hydrogen) atoms. The summed E-state index contributed by atoms with van der Waals surface area (Å²) in [7, 11) is 0. The molecule has 0 bridgehead atoms. The number of carbonyl (C=O) groups is 1. The first kappa shape index (κ1) is 27.8. The Hall–Kier alpha value is -0.370. The van der Waals surface area contributed by atoms with E-state index in [1.54, 1.807) is 6.92 Å². The first-order valence-corrected chi connectivity index (χ1v) is 11.7. The van der Waals surface area contributed by atoms with E-state index < -0.39 is 0 Å². The molecule has 158 valence electrons. The Labute approximate surface area is 165 Å². The largest absolute Gasteiger partial charge is 0.397 e. The molecule has 0 aliphatic rings. The molecule has 0 aliphatic carbocycles. The zero-order valence-corrected chi connectivity index (χ0v) is 18.7. The highest BCUT2D eigenvalue weighted by atomic mass is 16.2. The molecule has 0 aliphatic heterocycles. The third-order valence-electron chi connectivity index (χ3n) is 4.92. The number of Topliss-reactive ketones (excluding diaryl/α,β-unsaturated/α-hetero) is 1. The van der Waals surface area contributed by atoms with Gasteiger partial charge in [0.05, 0.1) is 0 Å². The number of aliphatic hydroxyl groups excluding tert-OH is 1. The van der Waals surface area contributed by atoms with Crippen molar-refractivity contribution in [1.29, 1.82) is 0 Å². The molecule has 0 unspecified atom stereocenters. The smallest absolute Gasteiger partial charge is 0.135 e. The maximum atomic E-state index is 11.5. The quantitative estimate of drug-likeness (QED) is 0.249. The van der Waals surface area contributed by atoms with E-state index in [1.165, 1.54) is 96.3 Å². The molecule has 2 nitrogen and oxygen atoms in total. The summed E-state index contributed by atoms with van der Waals surface area (Å²) >= 11 is 0. The summed E-state index contributed by atoms with van der Waals surface area (Å²) < 4.78 is 0. The lowest BCUT2D eigenvalue weighted by atomic mass is 10.0. The van der Waals surface area contributed by atoms with Crippen molar-refractivity contribution in [3.63, 3.8) is 0 Å². The maximum Gasteiger partial charge on any atom is 0.135 e. The predicted molar refractivity (Wildman–Crippen MR) is 117 cm³/mol. The van der Waals surface area contributed by atoms with Crippen LogP contribution < -0.4 is 0 Å². The Morgan fingerprint density at radius 2 is 0.885 bits per heavy atom. The highest BCUT2D eigenvalue weighted by molar-refractivity contribution is 5.80. The van der Waals surface area contributed by atoms with Crippen LogP contribution in [0, 0.1) is 5.92 Å². The molecule has 0 aromatic carbocycles. The van der Waals surface area contributed by atoms with E-state index in [2.05, 4.69) is 6.92 Å². The van der Waals surface area contributed by atoms with Crippen LogP contribution in [-0.4, -0.2) is 17.5 Å². The Kier molecular flexibility index (Phi) is 26.4. The molecule has 0 amide bonds. The lowest BCUT2D eigenvalue weighted by Crippen LogP contribution is -2.05. The normalized spacial score (nSPS) is 10.7. The van der Waals surface area contributed by atoms with Gasteiger partial charge < -0.3 is 5.11 Å². The van der Waals surface area contributed by atoms with E-state index in [4.69, 9.17) is 5.11 Å². The lowest BCUT2D eigenvalue weighted by Gasteiger charge is -2.04. The number of unbranched alkanes of at least 4 members (excludes halogenated alkanes) is 15. The highest BCUT2D eigenvalue weighted by Gasteiger charge is 2.05. The Morgan fingerprint density at radius 1 is 0.615 bits per heavy atom. The fourth-order valence-electron chi connectivity index (χ4n) is 3.14. The minimum atomic E-state index is 0.228. The average molecular weight is 371 g/mol. The summed E-state index contributed by atoms with van der Waals surface area (Å²) in [6.45, 7) is 8.23. The van der Waals surface area contributed by atoms with Crippen molar-refractivity contribution >= 4 is 5.78 Å². The Balaban J connectivity index is 0. The summed E-state index contributed by atoms with van der Waals surface area (Å²) in [4.78, 5) is 11.5. The van der Waals surface area contributed by atoms with Gasteiger partial charge in [-0.15, -0.1) is 0 Å². The van der Waals surface area contributed by atoms with Crippen LogP contribution in [0.1, 0.15) is 137 Å². The molecule has 0 heterocycles. The fraction of sp³-hybridized carbons (Fsp3) is 0.958. The van der Waals surface area contributed by atoms with Gasteiger partial charge in [0, 0.05) is 18.9 Å². The van der Waals surface area contributed by atoms with Crippen molar-refractivity contribution in [2.75, 3.05) is 6.61 Å². The van der Waals surface area contributed by atoms with E-state index in [-0.39, 0.29) is 12.5 Å². The molecule has 0 saturated heterocycles. The number of ketones is 1. The fourth-order valence-corrected chi connectivity index (χ4v) is 3.14. The van der Waals surface area contributed by atoms with Crippen LogP contribution in [0.4, 0.5) is 0 Å². The molecule has 0 spiro atoms. The second kappa shape index (κ2) is 24.6. The number of hydrogen-bond donors (Lipinski definition) is 1. The third kappa shape index (κ3) is 25.9. The maximum absolute atomic E-state index is 11.5. The topological polar surface area (TPSA) is 37.3 Å². The van der Waals surface area contributed by atoms with Crippen LogP contribution in [0.25, 0.3) is 0 Å². The summed E-state index contributed by atoms with van der Waals surface area (Å²) in [5, 5.41) is 7.57. The van der Waals surface area contributed by atoms with Gasteiger partial charge in [-0.2, -0.15) is 0 Å². The second-order valence-corrected chi connectivity index (χ2v) is 7.99. The monoisotopic (exact) mass is 370 g/mol. The van der Waals surface area contributed by atoms with Gasteiger partial charge in [-0.25, -0.2) is 0 Å². The summed E-state index contributed by atoms with van der Waals surface area (Å²) in [5.41, 5.74) is 0. The molecule has 1 N–H and O–H groups in total. The second-order valence-electron chi connectivity index (χ2n) is 7.99. The van der Waals surface area contributed by atoms with Crippen LogP contribution in [-0.2, 0) is 4.79 Å². The molecule has 0 saturated carbocycles. The molecule has 0 rings (SSSR count). The molecule has 0 fully saturated rings. The van der Waals surface area contributed by atoms with Crippen molar-refractivity contribution in [2.24, 2.45) is 5.92 Å². The van der Waals surface area contributed by atoms with E-state index in [1.807, 2.05) is 13.8 Å². The van der Waals surface area contributed by atoms with E-state index in [9.17, 15) is 4.79 Å². The van der Waals surface area contributed by atoms with E-state index in [0.717, 1.165) is 12.8 Å². The first-order chi connectivity index (χ1) is 12.6. The van der Waals surface area contributed by atoms with E-state index >= 15 is 0 Å². The van der Waals surface area contributed by atoms with Gasteiger partial charge in [0.1, 0.15) is 5.78 Å². The van der Waals surface area contributed by atoms with Crippen molar-refractivity contribution in [2.45, 2.75) is 137 Å². The van der Waals surface area contributed by atoms with Gasteiger partial charge in [0.15, 0.2) is 0 Å². The van der Waals surface area contributed by atoms with Gasteiger partial charge >= 0.3 is 0 Å². The van der Waals surface area contributed by atoms with Gasteiger partial charge in [-0.1, -0.05) is 117 Å². The Bertz CT molecular complexity index is 261. The van der Waals surface area contributed by atoms with Crippen molar-refractivity contribution in [3.8, 4) is 0 Å². The zero-order chi connectivity index (χ0) is 19.9. The Morgan fingerprint density at radius 3 is 1.15 bits per heavy atom. The van der Waals surface area contributed by atoms with Crippen molar-refractivity contribution in [3.05, 3.63) is 0 Å². The minimum absolute atomic E-state index is 0.228. The molecule has 2 heteroatoms. The minimum Gasteiger partial charge on any atom is -0.397 e. The van der Waals surface area contributed by atoms with Crippen LogP contribution >= 0.6 is 0 Å². The van der Waals surface area contributed by atoms with Gasteiger partial charge in [-0.05, 0) is 13.3 Å².